The average Bonchev–Trinajstić information content (AvgIpc) is 3.24. The number of nitrogens with one attached hydrogen (secondary N) is 1. The lowest BCUT2D eigenvalue weighted by Crippen LogP contribution is -2.35. The van der Waals surface area contributed by atoms with Crippen molar-refractivity contribution < 1.29 is 32.6 Å². The average molecular weight is 331 g/mol. The number of benzene rings is 1. The molecule has 8 heteroatoms. The van der Waals surface area contributed by atoms with Gasteiger partial charge in [0.05, 0.1) is 11.8 Å². The van der Waals surface area contributed by atoms with Gasteiger partial charge in [-0.2, -0.15) is 13.2 Å². The number of carbonyl (C=O) groups is 2. The molecule has 1 aromatic rings. The van der Waals surface area contributed by atoms with E-state index in [0.717, 1.165) is 0 Å². The number of hydrogen-bond donors (Lipinski definition) is 2. The van der Waals surface area contributed by atoms with Crippen LogP contribution in [-0.4, -0.2) is 36.3 Å². The van der Waals surface area contributed by atoms with E-state index in [0.29, 0.717) is 18.4 Å². The second-order valence-electron chi connectivity index (χ2n) is 5.59. The Kier molecular flexibility index (Phi) is 4.82. The summed E-state index contributed by atoms with van der Waals surface area (Å²) >= 11 is 0. The summed E-state index contributed by atoms with van der Waals surface area (Å²) < 4.78 is 40.9. The van der Waals surface area contributed by atoms with Crippen LogP contribution in [0.5, 0.6) is 5.75 Å². The van der Waals surface area contributed by atoms with Gasteiger partial charge in [-0.25, -0.2) is 0 Å². The van der Waals surface area contributed by atoms with Crippen molar-refractivity contribution >= 4 is 11.9 Å². The minimum absolute atomic E-state index is 0.0248. The van der Waals surface area contributed by atoms with Gasteiger partial charge < -0.3 is 15.2 Å². The van der Waals surface area contributed by atoms with E-state index in [1.54, 1.807) is 6.07 Å². The van der Waals surface area contributed by atoms with E-state index >= 15 is 0 Å². The fourth-order valence-corrected chi connectivity index (χ4v) is 2.04. The molecule has 2 rings (SSSR count). The van der Waals surface area contributed by atoms with Crippen molar-refractivity contribution in [1.29, 1.82) is 0 Å². The summed E-state index contributed by atoms with van der Waals surface area (Å²) in [6.45, 7) is -1.34. The van der Waals surface area contributed by atoms with Crippen LogP contribution in [0.15, 0.2) is 24.3 Å². The minimum atomic E-state index is -4.43. The fraction of sp³-hybridized carbons (Fsp3) is 0.467. The van der Waals surface area contributed by atoms with Crippen molar-refractivity contribution in [2.24, 2.45) is 5.41 Å². The van der Waals surface area contributed by atoms with Crippen molar-refractivity contribution in [3.8, 4) is 5.75 Å². The smallest absolute Gasteiger partial charge is 0.422 e. The van der Waals surface area contributed by atoms with Crippen LogP contribution in [0.1, 0.15) is 18.4 Å². The van der Waals surface area contributed by atoms with E-state index in [9.17, 15) is 22.8 Å². The molecule has 0 bridgehead atoms. The standard InChI is InChI=1S/C15H16F3NO4/c16-15(17,18)9-23-11-3-1-2-10(6-11)7-12(20)19-8-14(4-5-14)13(21)22/h1-3,6H,4-5,7-9H2,(H,19,20)(H,21,22). The lowest BCUT2D eigenvalue weighted by molar-refractivity contribution is -0.153. The van der Waals surface area contributed by atoms with E-state index in [1.165, 1.54) is 18.2 Å². The Morgan fingerprint density at radius 2 is 2.00 bits per heavy atom. The monoisotopic (exact) mass is 331 g/mol. The van der Waals surface area contributed by atoms with E-state index in [1.807, 2.05) is 0 Å². The van der Waals surface area contributed by atoms with E-state index in [2.05, 4.69) is 10.1 Å². The Morgan fingerprint density at radius 3 is 2.57 bits per heavy atom. The zero-order valence-corrected chi connectivity index (χ0v) is 12.2. The maximum atomic E-state index is 12.1. The predicted molar refractivity (Wildman–Crippen MR) is 74.0 cm³/mol. The summed E-state index contributed by atoms with van der Waals surface area (Å²) in [5.41, 5.74) is -0.366. The van der Waals surface area contributed by atoms with Crippen molar-refractivity contribution in [3.63, 3.8) is 0 Å². The minimum Gasteiger partial charge on any atom is -0.484 e. The topological polar surface area (TPSA) is 75.6 Å². The van der Waals surface area contributed by atoms with Crippen LogP contribution in [0, 0.1) is 5.41 Å². The molecule has 0 unspecified atom stereocenters. The molecule has 126 valence electrons. The summed E-state index contributed by atoms with van der Waals surface area (Å²) in [6, 6.07) is 5.81. The van der Waals surface area contributed by atoms with E-state index in [4.69, 9.17) is 5.11 Å². The molecule has 1 aliphatic rings. The largest absolute Gasteiger partial charge is 0.484 e. The number of alkyl halides is 3. The Hall–Kier alpha value is -2.25. The molecule has 5 nitrogen and oxygen atoms in total. The van der Waals surface area contributed by atoms with Crippen LogP contribution < -0.4 is 10.1 Å². The lowest BCUT2D eigenvalue weighted by Gasteiger charge is -2.12. The number of amides is 1. The van der Waals surface area contributed by atoms with E-state index in [-0.39, 0.29) is 24.6 Å². The highest BCUT2D eigenvalue weighted by Crippen LogP contribution is 2.45. The summed E-state index contributed by atoms with van der Waals surface area (Å²) in [6.07, 6.45) is -3.42. The number of ether oxygens (including phenoxy) is 1. The van der Waals surface area contributed by atoms with Crippen LogP contribution in [-0.2, 0) is 16.0 Å². The highest BCUT2D eigenvalue weighted by atomic mass is 19.4. The molecule has 2 N–H and O–H groups in total. The zero-order chi connectivity index (χ0) is 17.1. The Morgan fingerprint density at radius 1 is 1.30 bits per heavy atom. The molecular formula is C15H16F3NO4. The molecule has 1 fully saturated rings. The van der Waals surface area contributed by atoms with Crippen LogP contribution >= 0.6 is 0 Å². The number of halogens is 3. The normalized spacial score (nSPS) is 15.8. The van der Waals surface area contributed by atoms with Crippen molar-refractivity contribution in [3.05, 3.63) is 29.8 Å². The van der Waals surface area contributed by atoms with Crippen LogP contribution in [0.3, 0.4) is 0 Å². The van der Waals surface area contributed by atoms with Gasteiger partial charge >= 0.3 is 12.1 Å². The van der Waals surface area contributed by atoms with Gasteiger partial charge in [-0.05, 0) is 30.5 Å². The molecule has 1 aliphatic carbocycles. The molecule has 1 saturated carbocycles. The summed E-state index contributed by atoms with van der Waals surface area (Å²) in [7, 11) is 0. The maximum absolute atomic E-state index is 12.1. The number of rotatable bonds is 7. The first kappa shape index (κ1) is 17.1. The Balaban J connectivity index is 1.85. The second-order valence-corrected chi connectivity index (χ2v) is 5.59. The molecule has 0 radical (unpaired) electrons. The quantitative estimate of drug-likeness (QED) is 0.803. The van der Waals surface area contributed by atoms with Gasteiger partial charge in [0.2, 0.25) is 5.91 Å². The lowest BCUT2D eigenvalue weighted by atomic mass is 10.1. The SMILES string of the molecule is O=C(Cc1cccc(OCC(F)(F)F)c1)NCC1(C(=O)O)CC1. The molecule has 0 heterocycles. The van der Waals surface area contributed by atoms with Gasteiger partial charge in [0.15, 0.2) is 6.61 Å². The molecule has 0 saturated heterocycles. The van der Waals surface area contributed by atoms with Crippen LogP contribution in [0.2, 0.25) is 0 Å². The molecule has 1 amide bonds. The molecule has 0 atom stereocenters. The highest BCUT2D eigenvalue weighted by molar-refractivity contribution is 5.82. The summed E-state index contributed by atoms with van der Waals surface area (Å²) in [4.78, 5) is 22.8. The van der Waals surface area contributed by atoms with Crippen molar-refractivity contribution in [2.45, 2.75) is 25.4 Å². The molecule has 23 heavy (non-hydrogen) atoms. The number of aliphatic carboxylic acids is 1. The number of hydrogen-bond acceptors (Lipinski definition) is 3. The van der Waals surface area contributed by atoms with Gasteiger partial charge in [-0.15, -0.1) is 0 Å². The highest BCUT2D eigenvalue weighted by Gasteiger charge is 2.50. The number of carbonyl (C=O) groups excluding carboxylic acids is 1. The predicted octanol–water partition coefficient (Wildman–Crippen LogP) is 2.15. The summed E-state index contributed by atoms with van der Waals surface area (Å²) in [5, 5.41) is 11.6. The molecule has 0 aliphatic heterocycles. The second kappa shape index (κ2) is 6.47. The van der Waals surface area contributed by atoms with E-state index < -0.39 is 24.2 Å². The first-order valence-electron chi connectivity index (χ1n) is 6.99. The first-order valence-corrected chi connectivity index (χ1v) is 6.99. The van der Waals surface area contributed by atoms with Gasteiger partial charge in [0, 0.05) is 6.54 Å². The van der Waals surface area contributed by atoms with Crippen molar-refractivity contribution in [2.75, 3.05) is 13.2 Å². The Labute approximate surface area is 130 Å². The van der Waals surface area contributed by atoms with Gasteiger partial charge in [-0.3, -0.25) is 9.59 Å². The van der Waals surface area contributed by atoms with Gasteiger partial charge in [0.1, 0.15) is 5.75 Å². The summed E-state index contributed by atoms with van der Waals surface area (Å²) in [5.74, 6) is -1.29. The third-order valence-electron chi connectivity index (χ3n) is 3.60. The molecule has 0 spiro atoms. The van der Waals surface area contributed by atoms with Gasteiger partial charge in [-0.1, -0.05) is 12.1 Å². The molecule has 1 aromatic carbocycles. The van der Waals surface area contributed by atoms with Crippen LogP contribution in [0.25, 0.3) is 0 Å². The van der Waals surface area contributed by atoms with Gasteiger partial charge in [0.25, 0.3) is 0 Å². The van der Waals surface area contributed by atoms with Crippen LogP contribution in [0.4, 0.5) is 13.2 Å². The Bertz CT molecular complexity index is 597. The number of carboxylic acid groups (broad SMARTS) is 1. The first-order chi connectivity index (χ1) is 10.7. The number of carboxylic acids is 1. The molecular weight excluding hydrogens is 315 g/mol. The third-order valence-corrected chi connectivity index (χ3v) is 3.60. The maximum Gasteiger partial charge on any atom is 0.422 e. The zero-order valence-electron chi connectivity index (χ0n) is 12.2. The third kappa shape index (κ3) is 5.15. The molecule has 0 aromatic heterocycles. The van der Waals surface area contributed by atoms with Crippen molar-refractivity contribution in [1.82, 2.24) is 5.32 Å². The fourth-order valence-electron chi connectivity index (χ4n) is 2.04.